The molecule has 9 nitrogen and oxygen atoms in total. The normalized spacial score (nSPS) is 21.3. The van der Waals surface area contributed by atoms with E-state index in [4.69, 9.17) is 9.47 Å². The average molecular weight is 808 g/mol. The van der Waals surface area contributed by atoms with E-state index < -0.39 is 49.5 Å². The topological polar surface area (TPSA) is 149 Å². The number of unbranched alkanes of at least 4 members (excludes halogenated alkanes) is 25. The van der Waals surface area contributed by atoms with Gasteiger partial charge in [-0.25, -0.2) is 0 Å². The van der Waals surface area contributed by atoms with Crippen LogP contribution in [0.1, 0.15) is 206 Å². The Morgan fingerprint density at radius 1 is 0.579 bits per heavy atom. The maximum atomic E-state index is 13.0. The van der Waals surface area contributed by atoms with Gasteiger partial charge in [0.05, 0.1) is 25.4 Å². The zero-order valence-corrected chi connectivity index (χ0v) is 36.6. The van der Waals surface area contributed by atoms with Crippen molar-refractivity contribution in [3.05, 3.63) is 36.5 Å². The first kappa shape index (κ1) is 53.4. The van der Waals surface area contributed by atoms with Gasteiger partial charge in [0.15, 0.2) is 6.29 Å². The number of ether oxygens (including phenoxy) is 2. The maximum absolute atomic E-state index is 13.0. The summed E-state index contributed by atoms with van der Waals surface area (Å²) in [6, 6.07) is -0.807. The summed E-state index contributed by atoms with van der Waals surface area (Å²) in [5, 5.41) is 54.2. The van der Waals surface area contributed by atoms with Crippen LogP contribution in [0.2, 0.25) is 0 Å². The fourth-order valence-electron chi connectivity index (χ4n) is 7.33. The van der Waals surface area contributed by atoms with Crippen molar-refractivity contribution in [3.63, 3.8) is 0 Å². The van der Waals surface area contributed by atoms with E-state index in [1.54, 1.807) is 6.08 Å². The van der Waals surface area contributed by atoms with E-state index in [2.05, 4.69) is 43.5 Å². The molecule has 1 aliphatic rings. The maximum Gasteiger partial charge on any atom is 0.220 e. The molecular weight excluding hydrogens is 719 g/mol. The van der Waals surface area contributed by atoms with E-state index in [9.17, 15) is 30.3 Å². The van der Waals surface area contributed by atoms with Crippen LogP contribution in [-0.4, -0.2) is 87.5 Å². The van der Waals surface area contributed by atoms with Crippen LogP contribution in [0.5, 0.6) is 0 Å². The summed E-state index contributed by atoms with van der Waals surface area (Å²) < 4.78 is 11.2. The summed E-state index contributed by atoms with van der Waals surface area (Å²) in [5.41, 5.74) is 0. The lowest BCUT2D eigenvalue weighted by Crippen LogP contribution is -2.60. The van der Waals surface area contributed by atoms with Crippen LogP contribution in [0.3, 0.4) is 0 Å². The van der Waals surface area contributed by atoms with Gasteiger partial charge in [0, 0.05) is 6.42 Å². The summed E-state index contributed by atoms with van der Waals surface area (Å²) in [7, 11) is 0. The average Bonchev–Trinajstić information content (AvgIpc) is 3.21. The Hall–Kier alpha value is -1.59. The van der Waals surface area contributed by atoms with Crippen LogP contribution < -0.4 is 5.32 Å². The lowest BCUT2D eigenvalue weighted by atomic mass is 9.99. The van der Waals surface area contributed by atoms with Crippen LogP contribution >= 0.6 is 0 Å². The number of allylic oxidation sites excluding steroid dienone is 5. The van der Waals surface area contributed by atoms with Gasteiger partial charge in [-0.15, -0.1) is 0 Å². The zero-order chi connectivity index (χ0) is 41.6. The molecule has 0 aromatic carbocycles. The minimum absolute atomic E-state index is 0.181. The van der Waals surface area contributed by atoms with E-state index in [-0.39, 0.29) is 12.5 Å². The first-order valence-electron chi connectivity index (χ1n) is 23.7. The molecule has 334 valence electrons. The van der Waals surface area contributed by atoms with Crippen LogP contribution in [0.25, 0.3) is 0 Å². The van der Waals surface area contributed by atoms with Gasteiger partial charge in [0.25, 0.3) is 0 Å². The Labute approximate surface area is 349 Å². The van der Waals surface area contributed by atoms with Crippen molar-refractivity contribution in [1.29, 1.82) is 0 Å². The van der Waals surface area contributed by atoms with Gasteiger partial charge in [-0.05, 0) is 64.2 Å². The molecule has 1 rings (SSSR count). The smallest absolute Gasteiger partial charge is 0.220 e. The number of amides is 1. The lowest BCUT2D eigenvalue weighted by molar-refractivity contribution is -0.302. The first-order chi connectivity index (χ1) is 27.8. The van der Waals surface area contributed by atoms with Gasteiger partial charge in [-0.1, -0.05) is 172 Å². The molecular formula is C48H89NO8. The van der Waals surface area contributed by atoms with Crippen molar-refractivity contribution in [1.82, 2.24) is 5.32 Å². The highest BCUT2D eigenvalue weighted by atomic mass is 16.7. The van der Waals surface area contributed by atoms with Crippen molar-refractivity contribution < 1.29 is 39.8 Å². The van der Waals surface area contributed by atoms with Gasteiger partial charge in [-0.2, -0.15) is 0 Å². The van der Waals surface area contributed by atoms with Crippen molar-refractivity contribution >= 4 is 5.91 Å². The molecule has 0 bridgehead atoms. The Kier molecular flexibility index (Phi) is 36.2. The van der Waals surface area contributed by atoms with Crippen molar-refractivity contribution in [2.75, 3.05) is 13.2 Å². The fourth-order valence-corrected chi connectivity index (χ4v) is 7.33. The third-order valence-corrected chi connectivity index (χ3v) is 11.2. The van der Waals surface area contributed by atoms with Gasteiger partial charge in [0.2, 0.25) is 5.91 Å². The van der Waals surface area contributed by atoms with Crippen molar-refractivity contribution in [3.8, 4) is 0 Å². The quantitative estimate of drug-likeness (QED) is 0.0266. The monoisotopic (exact) mass is 808 g/mol. The van der Waals surface area contributed by atoms with Gasteiger partial charge in [0.1, 0.15) is 24.4 Å². The minimum Gasteiger partial charge on any atom is -0.394 e. The molecule has 0 spiro atoms. The highest BCUT2D eigenvalue weighted by Crippen LogP contribution is 2.22. The molecule has 2 unspecified atom stereocenters. The molecule has 0 radical (unpaired) electrons. The van der Waals surface area contributed by atoms with Crippen molar-refractivity contribution in [2.24, 2.45) is 0 Å². The molecule has 1 saturated heterocycles. The van der Waals surface area contributed by atoms with Crippen LogP contribution in [0.4, 0.5) is 0 Å². The van der Waals surface area contributed by atoms with E-state index in [1.165, 1.54) is 141 Å². The van der Waals surface area contributed by atoms with E-state index in [1.807, 2.05) is 6.08 Å². The Bertz CT molecular complexity index is 987. The molecule has 1 aliphatic heterocycles. The number of rotatable bonds is 39. The molecule has 7 atom stereocenters. The Morgan fingerprint density at radius 2 is 1.02 bits per heavy atom. The van der Waals surface area contributed by atoms with Crippen LogP contribution in [-0.2, 0) is 14.3 Å². The van der Waals surface area contributed by atoms with Gasteiger partial charge >= 0.3 is 0 Å². The lowest BCUT2D eigenvalue weighted by Gasteiger charge is -2.40. The second-order valence-corrected chi connectivity index (χ2v) is 16.5. The first-order valence-corrected chi connectivity index (χ1v) is 23.7. The number of hydrogen-bond acceptors (Lipinski definition) is 8. The highest BCUT2D eigenvalue weighted by molar-refractivity contribution is 5.76. The molecule has 9 heteroatoms. The number of aliphatic hydroxyl groups is 5. The molecule has 57 heavy (non-hydrogen) atoms. The second-order valence-electron chi connectivity index (χ2n) is 16.5. The standard InChI is InChI=1S/C48H89NO8/c1-3-5-7-9-11-13-15-17-18-19-20-21-22-23-24-26-28-30-32-34-36-38-44(52)49-41(40-56-48-47(55)46(54)45(53)43(39-50)57-48)42(51)37-35-33-31-29-27-25-16-14-12-10-8-6-4-2/h8,10,17-18,35,37,41-43,45-48,50-51,53-55H,3-7,9,11-16,19-34,36,38-40H2,1-2H3,(H,49,52)/b10-8-,18-17-,37-35+/t41-,42+,43+,45-,46?,47?,48+/m0/s1. The number of carbonyl (C=O) groups excluding carboxylic acids is 1. The van der Waals surface area contributed by atoms with Crippen molar-refractivity contribution in [2.45, 2.75) is 249 Å². The second kappa shape index (κ2) is 38.6. The molecule has 0 aromatic rings. The molecule has 0 saturated carbocycles. The molecule has 1 amide bonds. The number of carbonyl (C=O) groups is 1. The number of aliphatic hydroxyl groups excluding tert-OH is 5. The molecule has 1 fully saturated rings. The Balaban J connectivity index is 2.30. The molecule has 6 N–H and O–H groups in total. The fraction of sp³-hybridized carbons (Fsp3) is 0.854. The number of hydrogen-bond donors (Lipinski definition) is 6. The summed E-state index contributed by atoms with van der Waals surface area (Å²) in [5.74, 6) is -0.181. The summed E-state index contributed by atoms with van der Waals surface area (Å²) in [6.07, 6.45) is 40.4. The predicted molar refractivity (Wildman–Crippen MR) is 235 cm³/mol. The predicted octanol–water partition coefficient (Wildman–Crippen LogP) is 10.1. The van der Waals surface area contributed by atoms with Crippen LogP contribution in [0, 0.1) is 0 Å². The number of nitrogens with one attached hydrogen (secondary N) is 1. The third kappa shape index (κ3) is 29.3. The Morgan fingerprint density at radius 3 is 1.49 bits per heavy atom. The SMILES string of the molecule is CCC/C=C\CCCCCCCC/C=C/[C@@H](O)[C@H](CO[C@@H]1O[C@H](CO)[C@H](O)C(O)C1O)NC(=O)CCCCCCCCCCCCC/C=C\CCCCCCCC. The highest BCUT2D eigenvalue weighted by Gasteiger charge is 2.44. The van der Waals surface area contributed by atoms with Gasteiger partial charge < -0.3 is 40.3 Å². The largest absolute Gasteiger partial charge is 0.394 e. The van der Waals surface area contributed by atoms with E-state index in [0.29, 0.717) is 6.42 Å². The summed E-state index contributed by atoms with van der Waals surface area (Å²) >= 11 is 0. The molecule has 0 aliphatic carbocycles. The third-order valence-electron chi connectivity index (χ3n) is 11.2. The van der Waals surface area contributed by atoms with E-state index >= 15 is 0 Å². The van der Waals surface area contributed by atoms with E-state index in [0.717, 1.165) is 44.9 Å². The molecule has 1 heterocycles. The zero-order valence-electron chi connectivity index (χ0n) is 36.6. The van der Waals surface area contributed by atoms with Gasteiger partial charge in [-0.3, -0.25) is 4.79 Å². The summed E-state index contributed by atoms with van der Waals surface area (Å²) in [6.45, 7) is 3.71. The minimum atomic E-state index is -1.57. The van der Waals surface area contributed by atoms with Crippen LogP contribution in [0.15, 0.2) is 36.5 Å². The molecule has 0 aromatic heterocycles. The summed E-state index contributed by atoms with van der Waals surface area (Å²) in [4.78, 5) is 13.0.